The lowest BCUT2D eigenvalue weighted by Crippen LogP contribution is -2.46. The number of hydrogen-bond acceptors (Lipinski definition) is 6. The molecule has 2 bridgehead atoms. The predicted molar refractivity (Wildman–Crippen MR) is 126 cm³/mol. The van der Waals surface area contributed by atoms with Crippen LogP contribution in [0.1, 0.15) is 54.1 Å². The van der Waals surface area contributed by atoms with Gasteiger partial charge < -0.3 is 20.1 Å². The number of nitrogens with zero attached hydrogens (tertiary/aromatic N) is 4. The van der Waals surface area contributed by atoms with Gasteiger partial charge in [-0.15, -0.1) is 0 Å². The third-order valence-corrected chi connectivity index (χ3v) is 6.60. The average molecular weight is 488 g/mol. The molecule has 0 radical (unpaired) electrons. The number of anilines is 1. The van der Waals surface area contributed by atoms with Crippen LogP contribution >= 0.6 is 11.6 Å². The van der Waals surface area contributed by atoms with Crippen molar-refractivity contribution in [1.29, 1.82) is 0 Å². The maximum absolute atomic E-state index is 15.4. The van der Waals surface area contributed by atoms with Crippen molar-refractivity contribution in [3.63, 3.8) is 0 Å². The van der Waals surface area contributed by atoms with E-state index in [4.69, 9.17) is 26.8 Å². The second-order valence-corrected chi connectivity index (χ2v) is 9.60. The van der Waals surface area contributed by atoms with E-state index in [0.717, 1.165) is 18.5 Å². The number of carbonyl (C=O) groups is 1. The Balaban J connectivity index is 1.60. The fraction of sp³-hybridized carbons (Fsp3) is 0.458. The van der Waals surface area contributed by atoms with Crippen molar-refractivity contribution in [2.45, 2.75) is 58.3 Å². The number of rotatable bonds is 5. The van der Waals surface area contributed by atoms with Crippen LogP contribution in [0.2, 0.25) is 5.02 Å². The summed E-state index contributed by atoms with van der Waals surface area (Å²) in [6, 6.07) is 1.51. The van der Waals surface area contributed by atoms with E-state index < -0.39 is 11.7 Å². The molecule has 0 spiro atoms. The highest BCUT2D eigenvalue weighted by molar-refractivity contribution is 6.31. The van der Waals surface area contributed by atoms with Gasteiger partial charge in [-0.25, -0.2) is 14.4 Å². The highest BCUT2D eigenvalue weighted by Crippen LogP contribution is 2.37. The lowest BCUT2D eigenvalue weighted by molar-refractivity contribution is -0.0306. The van der Waals surface area contributed by atoms with E-state index in [9.17, 15) is 4.79 Å². The summed E-state index contributed by atoms with van der Waals surface area (Å²) in [4.78, 5) is 24.0. The summed E-state index contributed by atoms with van der Waals surface area (Å²) in [5, 5.41) is -0.135. The summed E-state index contributed by atoms with van der Waals surface area (Å²) in [5.41, 5.74) is 7.91. The lowest BCUT2D eigenvalue weighted by atomic mass is 10.0. The number of benzene rings is 1. The number of likely N-dealkylation sites (tertiary alicyclic amines) is 1. The Labute approximate surface area is 201 Å². The van der Waals surface area contributed by atoms with E-state index in [1.54, 1.807) is 17.3 Å². The number of morpholine rings is 1. The number of nitrogens with two attached hydrogens (primary N) is 1. The van der Waals surface area contributed by atoms with E-state index >= 15 is 4.39 Å². The van der Waals surface area contributed by atoms with Crippen molar-refractivity contribution in [2.24, 2.45) is 0 Å². The number of carbonyl (C=O) groups excluding carboxylic acids is 1. The standard InChI is InChI=1S/C24H27ClFN5O3/c1-12(2)33-22-14(9-18-29-13(3)21-23(27)28-6-7-31(18)21)8-17(25)20(26)19(22)24(32)30-10-15-4-5-16(11-30)34-15/h6-8,12,15-16H,4-5,9-11H2,1-3H3,(H2,27,28). The van der Waals surface area contributed by atoms with E-state index in [2.05, 4.69) is 9.97 Å². The molecular weight excluding hydrogens is 461 g/mol. The minimum atomic E-state index is -0.775. The maximum atomic E-state index is 15.4. The van der Waals surface area contributed by atoms with Gasteiger partial charge in [-0.05, 0) is 39.7 Å². The molecule has 2 aliphatic rings. The Morgan fingerprint density at radius 1 is 1.35 bits per heavy atom. The molecule has 34 heavy (non-hydrogen) atoms. The number of halogens is 2. The van der Waals surface area contributed by atoms with Gasteiger partial charge in [0.1, 0.15) is 28.5 Å². The van der Waals surface area contributed by atoms with Crippen LogP contribution in [-0.4, -0.2) is 56.6 Å². The lowest BCUT2D eigenvalue weighted by Gasteiger charge is -2.33. The molecule has 8 nitrogen and oxygen atoms in total. The van der Waals surface area contributed by atoms with Crippen LogP contribution in [0, 0.1) is 12.7 Å². The molecule has 2 fully saturated rings. The highest BCUT2D eigenvalue weighted by atomic mass is 35.5. The minimum absolute atomic E-state index is 0.0165. The first-order valence-corrected chi connectivity index (χ1v) is 11.8. The molecule has 3 aromatic rings. The normalized spacial score (nSPS) is 19.9. The molecule has 1 amide bonds. The zero-order valence-corrected chi connectivity index (χ0v) is 20.1. The van der Waals surface area contributed by atoms with Crippen molar-refractivity contribution in [2.75, 3.05) is 18.8 Å². The van der Waals surface area contributed by atoms with Gasteiger partial charge in [0.25, 0.3) is 5.91 Å². The number of imidazole rings is 1. The van der Waals surface area contributed by atoms with Crippen LogP contribution in [0.5, 0.6) is 5.75 Å². The quantitative estimate of drug-likeness (QED) is 0.588. The highest BCUT2D eigenvalue weighted by Gasteiger charge is 2.38. The first-order valence-electron chi connectivity index (χ1n) is 11.4. The van der Waals surface area contributed by atoms with Crippen LogP contribution in [0.3, 0.4) is 0 Å². The molecule has 5 rings (SSSR count). The van der Waals surface area contributed by atoms with Crippen molar-refractivity contribution < 1.29 is 18.7 Å². The number of amides is 1. The van der Waals surface area contributed by atoms with Crippen LogP contribution in [0.25, 0.3) is 5.52 Å². The Morgan fingerprint density at radius 2 is 2.06 bits per heavy atom. The molecule has 4 heterocycles. The van der Waals surface area contributed by atoms with Crippen molar-refractivity contribution >= 4 is 28.8 Å². The molecule has 1 aromatic carbocycles. The van der Waals surface area contributed by atoms with Gasteiger partial charge >= 0.3 is 0 Å². The van der Waals surface area contributed by atoms with Crippen LogP contribution in [0.15, 0.2) is 18.5 Å². The molecule has 0 saturated carbocycles. The molecular formula is C24H27ClFN5O3. The zero-order valence-electron chi connectivity index (χ0n) is 19.3. The Kier molecular flexibility index (Phi) is 5.85. The molecule has 2 atom stereocenters. The molecule has 10 heteroatoms. The van der Waals surface area contributed by atoms with Gasteiger partial charge in [-0.1, -0.05) is 11.6 Å². The molecule has 180 valence electrons. The second kappa shape index (κ2) is 8.70. The number of fused-ring (bicyclic) bond motifs is 3. The number of hydrogen-bond donors (Lipinski definition) is 1. The molecule has 2 saturated heterocycles. The van der Waals surface area contributed by atoms with E-state index in [0.29, 0.717) is 35.8 Å². The Bertz CT molecular complexity index is 1270. The smallest absolute Gasteiger partial charge is 0.260 e. The number of nitrogen functional groups attached to an aromatic ring is 1. The fourth-order valence-electron chi connectivity index (χ4n) is 4.90. The van der Waals surface area contributed by atoms with Crippen LogP contribution in [-0.2, 0) is 11.2 Å². The predicted octanol–water partition coefficient (Wildman–Crippen LogP) is 3.79. The maximum Gasteiger partial charge on any atom is 0.260 e. The van der Waals surface area contributed by atoms with Crippen molar-refractivity contribution in [1.82, 2.24) is 19.3 Å². The fourth-order valence-corrected chi connectivity index (χ4v) is 5.13. The van der Waals surface area contributed by atoms with Crippen LogP contribution < -0.4 is 10.5 Å². The molecule has 2 aromatic heterocycles. The zero-order chi connectivity index (χ0) is 24.1. The number of aryl methyl sites for hydroxylation is 1. The topological polar surface area (TPSA) is 95.0 Å². The summed E-state index contributed by atoms with van der Waals surface area (Å²) in [6.45, 7) is 6.37. The first kappa shape index (κ1) is 22.9. The Hall–Kier alpha value is -2.91. The van der Waals surface area contributed by atoms with Gasteiger partial charge in [0.15, 0.2) is 5.82 Å². The van der Waals surface area contributed by atoms with E-state index in [-0.39, 0.29) is 41.1 Å². The van der Waals surface area contributed by atoms with Crippen LogP contribution in [0.4, 0.5) is 10.2 Å². The van der Waals surface area contributed by atoms with Gasteiger partial charge in [0.05, 0.1) is 29.0 Å². The molecule has 0 aliphatic carbocycles. The minimum Gasteiger partial charge on any atom is -0.490 e. The average Bonchev–Trinajstić information content (AvgIpc) is 3.29. The second-order valence-electron chi connectivity index (χ2n) is 9.19. The third kappa shape index (κ3) is 3.96. The van der Waals surface area contributed by atoms with Gasteiger partial charge in [-0.2, -0.15) is 0 Å². The molecule has 2 unspecified atom stereocenters. The van der Waals surface area contributed by atoms with Gasteiger partial charge in [0, 0.05) is 37.5 Å². The van der Waals surface area contributed by atoms with Crippen molar-refractivity contribution in [3.05, 3.63) is 51.9 Å². The van der Waals surface area contributed by atoms with E-state index in [1.807, 2.05) is 25.2 Å². The third-order valence-electron chi connectivity index (χ3n) is 6.33. The molecule has 2 N–H and O–H groups in total. The number of ether oxygens (including phenoxy) is 2. The molecule has 2 aliphatic heterocycles. The Morgan fingerprint density at radius 3 is 2.74 bits per heavy atom. The van der Waals surface area contributed by atoms with Gasteiger partial charge in [0.2, 0.25) is 0 Å². The number of aromatic nitrogens is 3. The summed E-state index contributed by atoms with van der Waals surface area (Å²) in [7, 11) is 0. The first-order chi connectivity index (χ1) is 16.2. The summed E-state index contributed by atoms with van der Waals surface area (Å²) >= 11 is 6.31. The SMILES string of the molecule is Cc1nc(Cc2cc(Cl)c(F)c(C(=O)N3CC4CCC(C3)O4)c2OC(C)C)n2ccnc(N)c12. The monoisotopic (exact) mass is 487 g/mol. The summed E-state index contributed by atoms with van der Waals surface area (Å²) < 4.78 is 29.2. The van der Waals surface area contributed by atoms with E-state index in [1.165, 1.54) is 6.07 Å². The van der Waals surface area contributed by atoms with Gasteiger partial charge in [-0.3, -0.25) is 9.20 Å². The summed E-state index contributed by atoms with van der Waals surface area (Å²) in [6.07, 6.45) is 5.10. The van der Waals surface area contributed by atoms with Crippen molar-refractivity contribution in [3.8, 4) is 5.75 Å². The summed E-state index contributed by atoms with van der Waals surface area (Å²) in [5.74, 6) is 0.00225. The largest absolute Gasteiger partial charge is 0.490 e.